The average molecular weight is 597 g/mol. The van der Waals surface area contributed by atoms with Crippen LogP contribution < -0.4 is 10.7 Å². The molecule has 4 fully saturated rings. The number of carbonyl (C=O) groups is 2. The normalized spacial score (nSPS) is 25.6. The van der Waals surface area contributed by atoms with Crippen molar-refractivity contribution >= 4 is 34.4 Å². The number of benzene rings is 3. The van der Waals surface area contributed by atoms with Crippen LogP contribution in [0.1, 0.15) is 64.1 Å². The van der Waals surface area contributed by atoms with Gasteiger partial charge in [-0.15, -0.1) is 0 Å². The van der Waals surface area contributed by atoms with Gasteiger partial charge in [0.15, 0.2) is 5.43 Å². The number of para-hydroxylation sites is 1. The third kappa shape index (κ3) is 4.94. The second-order valence-corrected chi connectivity index (χ2v) is 13.0. The lowest BCUT2D eigenvalue weighted by Gasteiger charge is -2.58. The van der Waals surface area contributed by atoms with Crippen LogP contribution in [0.2, 0.25) is 5.02 Å². The lowest BCUT2D eigenvalue weighted by Crippen LogP contribution is -2.61. The smallest absolute Gasteiger partial charge is 0.355 e. The van der Waals surface area contributed by atoms with E-state index in [9.17, 15) is 19.5 Å². The number of fused-ring (bicyclic) bond motifs is 1. The second-order valence-electron chi connectivity index (χ2n) is 12.5. The maximum Gasteiger partial charge on any atom is 0.355 e. The number of carbonyl (C=O) groups excluding carboxylic acids is 2. The molecule has 4 saturated carbocycles. The molecule has 0 radical (unpaired) electrons. The van der Waals surface area contributed by atoms with Gasteiger partial charge < -0.3 is 19.7 Å². The molecule has 4 aliphatic rings. The van der Waals surface area contributed by atoms with E-state index in [2.05, 4.69) is 5.32 Å². The van der Waals surface area contributed by atoms with Gasteiger partial charge >= 0.3 is 5.97 Å². The van der Waals surface area contributed by atoms with Gasteiger partial charge in [0.05, 0.1) is 18.2 Å². The molecule has 4 bridgehead atoms. The summed E-state index contributed by atoms with van der Waals surface area (Å²) in [6, 6.07) is 21.6. The Kier molecular flexibility index (Phi) is 6.90. The van der Waals surface area contributed by atoms with E-state index in [1.54, 1.807) is 34.9 Å². The highest BCUT2D eigenvalue weighted by molar-refractivity contribution is 6.31. The fourth-order valence-corrected chi connectivity index (χ4v) is 8.32. The largest absolute Gasteiger partial charge is 0.464 e. The van der Waals surface area contributed by atoms with Crippen molar-refractivity contribution in [3.63, 3.8) is 0 Å². The zero-order chi connectivity index (χ0) is 29.9. The number of hydrogen-bond acceptors (Lipinski definition) is 5. The summed E-state index contributed by atoms with van der Waals surface area (Å²) >= 11 is 6.33. The number of pyridine rings is 1. The minimum absolute atomic E-state index is 0.0918. The number of halogens is 1. The molecule has 8 heteroatoms. The molecule has 4 aromatic rings. The summed E-state index contributed by atoms with van der Waals surface area (Å²) in [6.45, 7) is 0. The molecule has 0 saturated heterocycles. The molecule has 2 N–H and O–H groups in total. The second kappa shape index (κ2) is 10.6. The monoisotopic (exact) mass is 596 g/mol. The predicted molar refractivity (Wildman–Crippen MR) is 165 cm³/mol. The van der Waals surface area contributed by atoms with E-state index in [0.717, 1.165) is 37.7 Å². The molecule has 8 rings (SSSR count). The van der Waals surface area contributed by atoms with Crippen molar-refractivity contribution in [1.82, 2.24) is 9.88 Å². The molecule has 0 spiro atoms. The standard InChI is InChI=1S/C35H33ClN2O5/c1-43-34(41)31-28(32(39)27-12-11-25(36)16-29(27)38(31)26-5-3-2-4-6-26)15-20-7-9-22(10-8-20)33(40)37-30-23-13-21-14-24(30)19-35(42,17-21)18-23/h2-12,16,21,23-24,30,42H,13-15,17-19H2,1H3,(H,37,40)/t21?,23-,24?,30?,35?/m1/s1. The highest BCUT2D eigenvalue weighted by Gasteiger charge is 2.55. The highest BCUT2D eigenvalue weighted by atomic mass is 35.5. The first-order valence-corrected chi connectivity index (χ1v) is 15.2. The Balaban J connectivity index is 1.21. The van der Waals surface area contributed by atoms with Crippen molar-refractivity contribution in [2.75, 3.05) is 7.11 Å². The number of nitrogens with zero attached hydrogens (tertiary/aromatic N) is 1. The molecule has 43 heavy (non-hydrogen) atoms. The summed E-state index contributed by atoms with van der Waals surface area (Å²) in [6.07, 6.45) is 4.76. The van der Waals surface area contributed by atoms with Gasteiger partial charge in [0, 0.05) is 39.7 Å². The number of amides is 1. The van der Waals surface area contributed by atoms with Crippen LogP contribution in [-0.4, -0.2) is 40.3 Å². The number of methoxy groups -OCH3 is 1. The third-order valence-electron chi connectivity index (χ3n) is 9.76. The molecule has 7 nitrogen and oxygen atoms in total. The van der Waals surface area contributed by atoms with Crippen molar-refractivity contribution in [3.05, 3.63) is 110 Å². The molecule has 220 valence electrons. The summed E-state index contributed by atoms with van der Waals surface area (Å²) in [5.41, 5.74) is 2.15. The summed E-state index contributed by atoms with van der Waals surface area (Å²) in [7, 11) is 1.30. The van der Waals surface area contributed by atoms with Gasteiger partial charge in [0.1, 0.15) is 5.69 Å². The number of aliphatic hydroxyl groups is 1. The minimum atomic E-state index is -0.630. The van der Waals surface area contributed by atoms with Crippen LogP contribution in [0, 0.1) is 17.8 Å². The van der Waals surface area contributed by atoms with E-state index in [1.807, 2.05) is 42.5 Å². The molecule has 1 amide bonds. The van der Waals surface area contributed by atoms with Crippen LogP contribution in [-0.2, 0) is 11.2 Å². The van der Waals surface area contributed by atoms with Crippen molar-refractivity contribution in [2.24, 2.45) is 17.8 Å². The molecule has 4 unspecified atom stereocenters. The van der Waals surface area contributed by atoms with Crippen molar-refractivity contribution in [3.8, 4) is 5.69 Å². The number of aromatic nitrogens is 1. The topological polar surface area (TPSA) is 97.6 Å². The summed E-state index contributed by atoms with van der Waals surface area (Å²) in [4.78, 5) is 40.4. The molecule has 4 aliphatic carbocycles. The number of rotatable bonds is 6. The molecular weight excluding hydrogens is 564 g/mol. The van der Waals surface area contributed by atoms with Gasteiger partial charge in [-0.1, -0.05) is 41.9 Å². The average Bonchev–Trinajstić information content (AvgIpc) is 2.99. The Morgan fingerprint density at radius 2 is 1.70 bits per heavy atom. The van der Waals surface area contributed by atoms with E-state index >= 15 is 0 Å². The molecule has 3 aromatic carbocycles. The van der Waals surface area contributed by atoms with E-state index in [4.69, 9.17) is 16.3 Å². The number of ether oxygens (including phenoxy) is 1. The van der Waals surface area contributed by atoms with E-state index < -0.39 is 11.6 Å². The number of hydrogen-bond donors (Lipinski definition) is 2. The summed E-state index contributed by atoms with van der Waals surface area (Å²) in [5.74, 6) is 0.467. The molecule has 1 aromatic heterocycles. The zero-order valence-corrected chi connectivity index (χ0v) is 24.6. The quantitative estimate of drug-likeness (QED) is 0.279. The Morgan fingerprint density at radius 1 is 1.00 bits per heavy atom. The summed E-state index contributed by atoms with van der Waals surface area (Å²) in [5, 5.41) is 15.1. The van der Waals surface area contributed by atoms with Gasteiger partial charge in [-0.2, -0.15) is 0 Å². The van der Waals surface area contributed by atoms with Crippen LogP contribution in [0.3, 0.4) is 0 Å². The van der Waals surface area contributed by atoms with E-state index in [-0.39, 0.29) is 29.5 Å². The van der Waals surface area contributed by atoms with Crippen molar-refractivity contribution in [2.45, 2.75) is 50.2 Å². The Morgan fingerprint density at radius 3 is 2.35 bits per heavy atom. The lowest BCUT2D eigenvalue weighted by molar-refractivity contribution is -0.136. The molecule has 1 heterocycles. The number of nitrogens with one attached hydrogen (secondary N) is 1. The first-order valence-electron chi connectivity index (χ1n) is 14.9. The van der Waals surface area contributed by atoms with E-state index in [0.29, 0.717) is 50.5 Å². The van der Waals surface area contributed by atoms with Gasteiger partial charge in [-0.3, -0.25) is 9.59 Å². The molecule has 5 atom stereocenters. The number of esters is 1. The van der Waals surface area contributed by atoms with Gasteiger partial charge in [-0.05, 0) is 97.9 Å². The van der Waals surface area contributed by atoms with Crippen LogP contribution in [0.4, 0.5) is 0 Å². The zero-order valence-electron chi connectivity index (χ0n) is 23.9. The maximum atomic E-state index is 13.9. The first kappa shape index (κ1) is 27.9. The lowest BCUT2D eigenvalue weighted by atomic mass is 9.52. The molecule has 0 aliphatic heterocycles. The summed E-state index contributed by atoms with van der Waals surface area (Å²) < 4.78 is 6.91. The molecular formula is C35H33ClN2O5. The predicted octanol–water partition coefficient (Wildman–Crippen LogP) is 5.69. The minimum Gasteiger partial charge on any atom is -0.464 e. The van der Waals surface area contributed by atoms with Gasteiger partial charge in [0.2, 0.25) is 0 Å². The SMILES string of the molecule is COC(=O)c1c(Cc2ccc(C(=O)NC3C4CC5C[C@@H]3CC(O)(C5)C4)cc2)c(=O)c2ccc(Cl)cc2n1-c1ccccc1. The third-order valence-corrected chi connectivity index (χ3v) is 9.99. The van der Waals surface area contributed by atoms with Crippen LogP contribution in [0.15, 0.2) is 77.6 Å². The van der Waals surface area contributed by atoms with Crippen LogP contribution >= 0.6 is 11.6 Å². The Bertz CT molecular complexity index is 1780. The van der Waals surface area contributed by atoms with E-state index in [1.165, 1.54) is 7.11 Å². The van der Waals surface area contributed by atoms with Gasteiger partial charge in [-0.25, -0.2) is 4.79 Å². The maximum absolute atomic E-state index is 13.9. The highest BCUT2D eigenvalue weighted by Crippen LogP contribution is 2.55. The van der Waals surface area contributed by atoms with Crippen LogP contribution in [0.25, 0.3) is 16.6 Å². The first-order chi connectivity index (χ1) is 20.7. The van der Waals surface area contributed by atoms with Gasteiger partial charge in [0.25, 0.3) is 5.91 Å². The Hall–Kier alpha value is -3.94. The fraction of sp³-hybridized carbons (Fsp3) is 0.343. The Labute approximate surface area is 254 Å². The van der Waals surface area contributed by atoms with Crippen molar-refractivity contribution < 1.29 is 19.4 Å². The van der Waals surface area contributed by atoms with Crippen LogP contribution in [0.5, 0.6) is 0 Å². The van der Waals surface area contributed by atoms with Crippen molar-refractivity contribution in [1.29, 1.82) is 0 Å². The fourth-order valence-electron chi connectivity index (χ4n) is 8.16.